The Bertz CT molecular complexity index is 821. The van der Waals surface area contributed by atoms with Gasteiger partial charge in [0.2, 0.25) is 0 Å². The fourth-order valence-electron chi connectivity index (χ4n) is 6.12. The molecule has 2 atom stereocenters. The molecular formula is C26H36BrNO3. The van der Waals surface area contributed by atoms with E-state index in [1.807, 2.05) is 48.5 Å². The third-order valence-electron chi connectivity index (χ3n) is 7.86. The second-order valence-electron chi connectivity index (χ2n) is 9.67. The summed E-state index contributed by atoms with van der Waals surface area (Å²) in [5.41, 5.74) is 0.482. The summed E-state index contributed by atoms with van der Waals surface area (Å²) in [7, 11) is 8.15. The third kappa shape index (κ3) is 4.37. The first-order chi connectivity index (χ1) is 14.4. The first-order valence-electron chi connectivity index (χ1n) is 11.2. The number of aliphatic hydroxyl groups is 1. The third-order valence-corrected chi connectivity index (χ3v) is 7.86. The zero-order chi connectivity index (χ0) is 21.4. The molecule has 2 fully saturated rings. The highest BCUT2D eigenvalue weighted by molar-refractivity contribution is 5.49. The van der Waals surface area contributed by atoms with Crippen LogP contribution in [0.2, 0.25) is 0 Å². The zero-order valence-corrected chi connectivity index (χ0v) is 20.8. The van der Waals surface area contributed by atoms with Gasteiger partial charge in [0, 0.05) is 24.0 Å². The average Bonchev–Trinajstić information content (AvgIpc) is 2.74. The second kappa shape index (κ2) is 9.51. The standard InChI is InChI=1S/C26H36NO3.BrH/c1-27(2)20-10-9-11-21(27)17-19(16-20)18-26(28,22-12-5-7-14-24(22)29-3)23-13-6-8-15-25(23)30-4;/h5-8,12-15,19-21,28H,9-11,16-18H2,1-4H3;1H/q+1;/p-1. The van der Waals surface area contributed by atoms with Crippen LogP contribution in [0.1, 0.15) is 49.7 Å². The molecule has 0 saturated carbocycles. The van der Waals surface area contributed by atoms with Crippen molar-refractivity contribution in [2.45, 2.75) is 56.2 Å². The van der Waals surface area contributed by atoms with Gasteiger partial charge < -0.3 is 36.0 Å². The molecule has 2 aliphatic heterocycles. The zero-order valence-electron chi connectivity index (χ0n) is 19.2. The predicted molar refractivity (Wildman–Crippen MR) is 120 cm³/mol. The molecule has 0 spiro atoms. The Morgan fingerprint density at radius 2 is 1.32 bits per heavy atom. The number of para-hydroxylation sites is 2. The van der Waals surface area contributed by atoms with Crippen molar-refractivity contribution in [2.24, 2.45) is 5.92 Å². The Balaban J connectivity index is 0.00000272. The van der Waals surface area contributed by atoms with E-state index >= 15 is 0 Å². The van der Waals surface area contributed by atoms with Gasteiger partial charge in [-0.15, -0.1) is 0 Å². The molecule has 2 aromatic carbocycles. The van der Waals surface area contributed by atoms with E-state index in [0.29, 0.717) is 24.4 Å². The minimum absolute atomic E-state index is 0. The molecule has 2 heterocycles. The Morgan fingerprint density at radius 3 is 1.77 bits per heavy atom. The summed E-state index contributed by atoms with van der Waals surface area (Å²) in [5, 5.41) is 12.4. The maximum atomic E-state index is 12.4. The number of quaternary nitrogens is 1. The van der Waals surface area contributed by atoms with Crippen LogP contribution in [0, 0.1) is 5.92 Å². The molecule has 1 N–H and O–H groups in total. The van der Waals surface area contributed by atoms with E-state index in [1.54, 1.807) is 14.2 Å². The lowest BCUT2D eigenvalue weighted by atomic mass is 9.70. The van der Waals surface area contributed by atoms with Crippen LogP contribution in [0.5, 0.6) is 11.5 Å². The SMILES string of the molecule is COc1ccccc1C(O)(CC1CC2CCCC(C1)[N+]2(C)C)c1ccccc1OC.[Br-]. The molecule has 2 aliphatic rings. The van der Waals surface area contributed by atoms with Gasteiger partial charge in [0.25, 0.3) is 0 Å². The first kappa shape index (κ1) is 24.1. The second-order valence-corrected chi connectivity index (χ2v) is 9.67. The highest BCUT2D eigenvalue weighted by Gasteiger charge is 2.49. The summed E-state index contributed by atoms with van der Waals surface area (Å²) in [5.74, 6) is 1.90. The normalized spacial score (nSPS) is 24.7. The molecule has 2 bridgehead atoms. The maximum absolute atomic E-state index is 12.4. The van der Waals surface area contributed by atoms with Crippen LogP contribution in [0.15, 0.2) is 48.5 Å². The van der Waals surface area contributed by atoms with Crippen molar-refractivity contribution >= 4 is 0 Å². The van der Waals surface area contributed by atoms with E-state index in [9.17, 15) is 5.11 Å². The monoisotopic (exact) mass is 489 g/mol. The number of hydrogen-bond acceptors (Lipinski definition) is 3. The van der Waals surface area contributed by atoms with Gasteiger partial charge >= 0.3 is 0 Å². The predicted octanol–water partition coefficient (Wildman–Crippen LogP) is 1.74. The highest BCUT2D eigenvalue weighted by atomic mass is 79.9. The average molecular weight is 490 g/mol. The van der Waals surface area contributed by atoms with Crippen molar-refractivity contribution < 1.29 is 36.0 Å². The molecule has 0 aliphatic carbocycles. The van der Waals surface area contributed by atoms with E-state index in [-0.39, 0.29) is 17.0 Å². The number of rotatable bonds is 6. The van der Waals surface area contributed by atoms with Gasteiger partial charge in [0.05, 0.1) is 40.4 Å². The lowest BCUT2D eigenvalue weighted by Crippen LogP contribution is -3.00. The lowest BCUT2D eigenvalue weighted by Gasteiger charge is -2.54. The van der Waals surface area contributed by atoms with Gasteiger partial charge in [0.15, 0.2) is 0 Å². The van der Waals surface area contributed by atoms with Crippen molar-refractivity contribution in [3.63, 3.8) is 0 Å². The Kier molecular flexibility index (Phi) is 7.39. The molecule has 4 nitrogen and oxygen atoms in total. The molecule has 2 aromatic rings. The number of hydrogen-bond donors (Lipinski definition) is 1. The molecular weight excluding hydrogens is 454 g/mol. The van der Waals surface area contributed by atoms with Crippen LogP contribution >= 0.6 is 0 Å². The number of halogens is 1. The molecule has 170 valence electrons. The fourth-order valence-corrected chi connectivity index (χ4v) is 6.12. The molecule has 4 rings (SSSR count). The largest absolute Gasteiger partial charge is 1.00 e. The van der Waals surface area contributed by atoms with Crippen molar-refractivity contribution in [3.05, 3.63) is 59.7 Å². The topological polar surface area (TPSA) is 38.7 Å². The number of piperidine rings is 2. The van der Waals surface area contributed by atoms with E-state index in [1.165, 1.54) is 19.3 Å². The smallest absolute Gasteiger partial charge is 0.125 e. The van der Waals surface area contributed by atoms with Crippen molar-refractivity contribution in [1.29, 1.82) is 0 Å². The number of nitrogens with zero attached hydrogens (tertiary/aromatic N) is 1. The number of methoxy groups -OCH3 is 2. The Hall–Kier alpha value is -1.56. The molecule has 0 amide bonds. The summed E-state index contributed by atoms with van der Waals surface area (Å²) in [6.07, 6.45) is 6.93. The summed E-state index contributed by atoms with van der Waals surface area (Å²) in [6, 6.07) is 17.1. The van der Waals surface area contributed by atoms with Crippen molar-refractivity contribution in [3.8, 4) is 11.5 Å². The summed E-state index contributed by atoms with van der Waals surface area (Å²) < 4.78 is 12.5. The lowest BCUT2D eigenvalue weighted by molar-refractivity contribution is -0.950. The maximum Gasteiger partial charge on any atom is 0.125 e. The fraction of sp³-hybridized carbons (Fsp3) is 0.538. The first-order valence-corrected chi connectivity index (χ1v) is 11.2. The Labute approximate surface area is 197 Å². The van der Waals surface area contributed by atoms with Crippen LogP contribution < -0.4 is 26.5 Å². The van der Waals surface area contributed by atoms with E-state index in [0.717, 1.165) is 40.0 Å². The van der Waals surface area contributed by atoms with Gasteiger partial charge in [-0.1, -0.05) is 36.4 Å². The summed E-state index contributed by atoms with van der Waals surface area (Å²) in [6.45, 7) is 0. The minimum atomic E-state index is -1.16. The van der Waals surface area contributed by atoms with E-state index in [4.69, 9.17) is 9.47 Å². The highest BCUT2D eigenvalue weighted by Crippen LogP contribution is 2.49. The molecule has 2 saturated heterocycles. The van der Waals surface area contributed by atoms with Gasteiger partial charge in [-0.3, -0.25) is 0 Å². The molecule has 0 aromatic heterocycles. The van der Waals surface area contributed by atoms with E-state index < -0.39 is 5.60 Å². The summed E-state index contributed by atoms with van der Waals surface area (Å²) in [4.78, 5) is 0. The van der Waals surface area contributed by atoms with Gasteiger partial charge in [-0.2, -0.15) is 0 Å². The van der Waals surface area contributed by atoms with Gasteiger partial charge in [0.1, 0.15) is 17.1 Å². The molecule has 31 heavy (non-hydrogen) atoms. The number of benzene rings is 2. The van der Waals surface area contributed by atoms with Gasteiger partial charge in [-0.25, -0.2) is 0 Å². The van der Waals surface area contributed by atoms with Gasteiger partial charge in [-0.05, 0) is 43.7 Å². The molecule has 5 heteroatoms. The quantitative estimate of drug-likeness (QED) is 0.628. The van der Waals surface area contributed by atoms with Crippen molar-refractivity contribution in [2.75, 3.05) is 28.3 Å². The van der Waals surface area contributed by atoms with Crippen LogP contribution in [-0.4, -0.2) is 50.0 Å². The van der Waals surface area contributed by atoms with Crippen LogP contribution in [0.3, 0.4) is 0 Å². The molecule has 0 radical (unpaired) electrons. The minimum Gasteiger partial charge on any atom is -1.00 e. The number of fused-ring (bicyclic) bond motifs is 2. The summed E-state index contributed by atoms with van der Waals surface area (Å²) >= 11 is 0. The molecule has 2 unspecified atom stereocenters. The van der Waals surface area contributed by atoms with Crippen LogP contribution in [0.25, 0.3) is 0 Å². The van der Waals surface area contributed by atoms with E-state index in [2.05, 4.69) is 14.1 Å². The van der Waals surface area contributed by atoms with Crippen LogP contribution in [-0.2, 0) is 5.60 Å². The van der Waals surface area contributed by atoms with Crippen LogP contribution in [0.4, 0.5) is 0 Å². The number of ether oxygens (including phenoxy) is 2. The van der Waals surface area contributed by atoms with Crippen molar-refractivity contribution in [1.82, 2.24) is 0 Å². The Morgan fingerprint density at radius 1 is 0.871 bits per heavy atom.